The minimum Gasteiger partial charge on any atom is -0.372 e. The van der Waals surface area contributed by atoms with E-state index in [4.69, 9.17) is 16.1 Å². The Bertz CT molecular complexity index is 1010. The molecule has 0 spiro atoms. The van der Waals surface area contributed by atoms with E-state index in [9.17, 15) is 4.79 Å². The third-order valence-corrected chi connectivity index (χ3v) is 5.85. The lowest BCUT2D eigenvalue weighted by atomic mass is 10.1. The van der Waals surface area contributed by atoms with Crippen LogP contribution in [0.1, 0.15) is 24.2 Å². The normalized spacial score (nSPS) is 14.0. The van der Waals surface area contributed by atoms with Crippen molar-refractivity contribution in [2.45, 2.75) is 13.8 Å². The molecule has 3 aromatic rings. The van der Waals surface area contributed by atoms with Crippen LogP contribution >= 0.6 is 11.6 Å². The number of amides is 1. The number of hydrogen-bond donors (Lipinski definition) is 0. The number of piperazine rings is 1. The summed E-state index contributed by atoms with van der Waals surface area (Å²) in [6.45, 7) is 8.65. The Morgan fingerprint density at radius 2 is 1.65 bits per heavy atom. The minimum atomic E-state index is 0.0538. The molecule has 2 aromatic carbocycles. The Morgan fingerprint density at radius 1 is 1.00 bits per heavy atom. The van der Waals surface area contributed by atoms with Crippen molar-refractivity contribution in [1.29, 1.82) is 0 Å². The molecule has 1 fully saturated rings. The highest BCUT2D eigenvalue weighted by atomic mass is 35.5. The predicted octanol–water partition coefficient (Wildman–Crippen LogP) is 4.20. The van der Waals surface area contributed by atoms with Crippen molar-refractivity contribution in [1.82, 2.24) is 15.0 Å². The second-order valence-electron chi connectivity index (χ2n) is 7.41. The average molecular weight is 440 g/mol. The maximum atomic E-state index is 12.9. The summed E-state index contributed by atoms with van der Waals surface area (Å²) in [6, 6.07) is 15.7. The SMILES string of the molecule is CCN(CC)c1ccc(C(=O)N2CCN(c3nc(-c4ccc(Cl)cc4)no3)CC2)cc1. The Balaban J connectivity index is 1.36. The third-order valence-electron chi connectivity index (χ3n) is 5.60. The van der Waals surface area contributed by atoms with Crippen LogP contribution in [-0.4, -0.2) is 60.2 Å². The van der Waals surface area contributed by atoms with Gasteiger partial charge in [-0.1, -0.05) is 16.8 Å². The zero-order valence-electron chi connectivity index (χ0n) is 17.8. The lowest BCUT2D eigenvalue weighted by molar-refractivity contribution is 0.0744. The molecule has 162 valence electrons. The van der Waals surface area contributed by atoms with Crippen LogP contribution in [0.15, 0.2) is 53.1 Å². The first-order valence-corrected chi connectivity index (χ1v) is 11.0. The van der Waals surface area contributed by atoms with E-state index in [1.807, 2.05) is 46.2 Å². The van der Waals surface area contributed by atoms with Crippen molar-refractivity contribution in [2.75, 3.05) is 49.1 Å². The molecule has 0 atom stereocenters. The molecule has 0 aliphatic carbocycles. The number of aromatic nitrogens is 2. The molecular weight excluding hydrogens is 414 g/mol. The van der Waals surface area contributed by atoms with E-state index in [1.54, 1.807) is 12.1 Å². The molecule has 4 rings (SSSR count). The lowest BCUT2D eigenvalue weighted by Crippen LogP contribution is -2.48. The summed E-state index contributed by atoms with van der Waals surface area (Å²) in [4.78, 5) is 23.6. The van der Waals surface area contributed by atoms with E-state index in [0.717, 1.165) is 24.3 Å². The minimum absolute atomic E-state index is 0.0538. The first kappa shape index (κ1) is 21.2. The summed E-state index contributed by atoms with van der Waals surface area (Å²) >= 11 is 5.94. The van der Waals surface area contributed by atoms with Gasteiger partial charge in [0.25, 0.3) is 5.91 Å². The fourth-order valence-electron chi connectivity index (χ4n) is 3.75. The van der Waals surface area contributed by atoms with Gasteiger partial charge < -0.3 is 19.2 Å². The topological polar surface area (TPSA) is 65.7 Å². The van der Waals surface area contributed by atoms with Gasteiger partial charge >= 0.3 is 6.01 Å². The van der Waals surface area contributed by atoms with E-state index >= 15 is 0 Å². The van der Waals surface area contributed by atoms with Crippen LogP contribution in [0.25, 0.3) is 11.4 Å². The first-order chi connectivity index (χ1) is 15.1. The van der Waals surface area contributed by atoms with Crippen LogP contribution in [0.5, 0.6) is 0 Å². The van der Waals surface area contributed by atoms with Crippen molar-refractivity contribution in [3.8, 4) is 11.4 Å². The van der Waals surface area contributed by atoms with E-state index in [1.165, 1.54) is 0 Å². The molecular formula is C23H26ClN5O2. The molecule has 0 radical (unpaired) electrons. The van der Waals surface area contributed by atoms with Gasteiger partial charge in [-0.2, -0.15) is 4.98 Å². The number of carbonyl (C=O) groups excluding carboxylic acids is 1. The number of carbonyl (C=O) groups is 1. The van der Waals surface area contributed by atoms with Gasteiger partial charge in [-0.15, -0.1) is 0 Å². The zero-order chi connectivity index (χ0) is 21.8. The van der Waals surface area contributed by atoms with Gasteiger partial charge in [0.15, 0.2) is 0 Å². The second-order valence-corrected chi connectivity index (χ2v) is 7.84. The molecule has 8 heteroatoms. The highest BCUT2D eigenvalue weighted by molar-refractivity contribution is 6.30. The molecule has 0 saturated carbocycles. The molecule has 0 bridgehead atoms. The molecule has 1 amide bonds. The van der Waals surface area contributed by atoms with Gasteiger partial charge in [-0.25, -0.2) is 0 Å². The predicted molar refractivity (Wildman–Crippen MR) is 123 cm³/mol. The van der Waals surface area contributed by atoms with Crippen LogP contribution in [0, 0.1) is 0 Å². The van der Waals surface area contributed by atoms with Crippen LogP contribution in [0.3, 0.4) is 0 Å². The van der Waals surface area contributed by atoms with E-state index < -0.39 is 0 Å². The standard InChI is InChI=1S/C23H26ClN5O2/c1-3-27(4-2)20-11-7-18(8-12-20)22(30)28-13-15-29(16-14-28)23-25-21(26-31-23)17-5-9-19(24)10-6-17/h5-12H,3-4,13-16H2,1-2H3. The molecule has 31 heavy (non-hydrogen) atoms. The monoisotopic (exact) mass is 439 g/mol. The molecule has 1 aliphatic rings. The summed E-state index contributed by atoms with van der Waals surface area (Å²) in [5.74, 6) is 0.580. The van der Waals surface area contributed by atoms with E-state index in [-0.39, 0.29) is 5.91 Å². The number of benzene rings is 2. The number of hydrogen-bond acceptors (Lipinski definition) is 6. The first-order valence-electron chi connectivity index (χ1n) is 10.6. The fourth-order valence-corrected chi connectivity index (χ4v) is 3.87. The Kier molecular flexibility index (Phi) is 6.42. The molecule has 1 aromatic heterocycles. The van der Waals surface area contributed by atoms with Crippen molar-refractivity contribution >= 4 is 29.2 Å². The van der Waals surface area contributed by atoms with Crippen molar-refractivity contribution in [3.63, 3.8) is 0 Å². The van der Waals surface area contributed by atoms with Crippen LogP contribution < -0.4 is 9.80 Å². The summed E-state index contributed by atoms with van der Waals surface area (Å²) in [5.41, 5.74) is 2.70. The third kappa shape index (κ3) is 4.66. The maximum Gasteiger partial charge on any atom is 0.324 e. The average Bonchev–Trinajstić information content (AvgIpc) is 3.31. The van der Waals surface area contributed by atoms with Crippen LogP contribution in [0.4, 0.5) is 11.7 Å². The number of rotatable bonds is 6. The van der Waals surface area contributed by atoms with Crippen molar-refractivity contribution < 1.29 is 9.32 Å². The molecule has 7 nitrogen and oxygen atoms in total. The smallest absolute Gasteiger partial charge is 0.324 e. The number of anilines is 2. The summed E-state index contributed by atoms with van der Waals surface area (Å²) < 4.78 is 5.45. The summed E-state index contributed by atoms with van der Waals surface area (Å²) in [6.07, 6.45) is 0. The van der Waals surface area contributed by atoms with E-state index in [2.05, 4.69) is 28.9 Å². The zero-order valence-corrected chi connectivity index (χ0v) is 18.5. The van der Waals surface area contributed by atoms with Crippen LogP contribution in [-0.2, 0) is 0 Å². The molecule has 0 unspecified atom stereocenters. The van der Waals surface area contributed by atoms with Gasteiger partial charge in [0.05, 0.1) is 0 Å². The van der Waals surface area contributed by atoms with Gasteiger partial charge in [0.2, 0.25) is 5.82 Å². The van der Waals surface area contributed by atoms with Crippen molar-refractivity contribution in [3.05, 3.63) is 59.1 Å². The highest BCUT2D eigenvalue weighted by Gasteiger charge is 2.25. The molecule has 1 aliphatic heterocycles. The second kappa shape index (κ2) is 9.39. The molecule has 0 N–H and O–H groups in total. The van der Waals surface area contributed by atoms with Crippen LogP contribution in [0.2, 0.25) is 5.02 Å². The Labute approximate surface area is 187 Å². The number of nitrogens with zero attached hydrogens (tertiary/aromatic N) is 5. The molecule has 1 saturated heterocycles. The van der Waals surface area contributed by atoms with Crippen molar-refractivity contribution in [2.24, 2.45) is 0 Å². The fraction of sp³-hybridized carbons (Fsp3) is 0.348. The maximum absolute atomic E-state index is 12.9. The van der Waals surface area contributed by atoms with Gasteiger partial charge in [0.1, 0.15) is 0 Å². The summed E-state index contributed by atoms with van der Waals surface area (Å²) in [7, 11) is 0. The molecule has 2 heterocycles. The highest BCUT2D eigenvalue weighted by Crippen LogP contribution is 2.23. The van der Waals surface area contributed by atoms with Gasteiger partial charge in [-0.05, 0) is 62.4 Å². The van der Waals surface area contributed by atoms with E-state index in [0.29, 0.717) is 48.6 Å². The largest absolute Gasteiger partial charge is 0.372 e. The Morgan fingerprint density at radius 3 is 2.26 bits per heavy atom. The summed E-state index contributed by atoms with van der Waals surface area (Å²) in [5, 5.41) is 4.74. The quantitative estimate of drug-likeness (QED) is 0.573. The Hall–Kier alpha value is -3.06. The van der Waals surface area contributed by atoms with Gasteiger partial charge in [0, 0.05) is 61.1 Å². The lowest BCUT2D eigenvalue weighted by Gasteiger charge is -2.33. The number of halogens is 1. The van der Waals surface area contributed by atoms with Gasteiger partial charge in [-0.3, -0.25) is 4.79 Å².